The number of amidine groups is 1. The van der Waals surface area contributed by atoms with Gasteiger partial charge in [-0.25, -0.2) is 0 Å². The van der Waals surface area contributed by atoms with Gasteiger partial charge in [0.1, 0.15) is 11.7 Å². The maximum atomic E-state index is 7.76. The highest BCUT2D eigenvalue weighted by molar-refractivity contribution is 7.09. The number of likely N-dealkylation sites (N-methyl/N-ethyl adjacent to an activating group) is 1. The minimum atomic E-state index is 0.0702. The molecule has 0 aliphatic rings. The third-order valence-electron chi connectivity index (χ3n) is 3.53. The lowest BCUT2D eigenvalue weighted by Gasteiger charge is -2.27. The van der Waals surface area contributed by atoms with Crippen LogP contribution in [-0.2, 0) is 13.5 Å². The van der Waals surface area contributed by atoms with Crippen molar-refractivity contribution in [3.05, 3.63) is 33.6 Å². The van der Waals surface area contributed by atoms with Gasteiger partial charge in [0.15, 0.2) is 0 Å². The first-order valence-electron chi connectivity index (χ1n) is 6.55. The van der Waals surface area contributed by atoms with Crippen LogP contribution in [0.4, 0.5) is 5.82 Å². The molecule has 2 aromatic rings. The Morgan fingerprint density at radius 2 is 2.30 bits per heavy atom. The number of aryl methyl sites for hydroxylation is 2. The number of nitrogens with two attached hydrogens (primary N) is 1. The summed E-state index contributed by atoms with van der Waals surface area (Å²) in [6, 6.07) is 4.53. The van der Waals surface area contributed by atoms with E-state index in [1.54, 1.807) is 16.0 Å². The molecule has 0 saturated carbocycles. The van der Waals surface area contributed by atoms with Gasteiger partial charge in [0.05, 0.1) is 11.3 Å². The van der Waals surface area contributed by atoms with Crippen LogP contribution in [0.1, 0.15) is 23.1 Å². The lowest BCUT2D eigenvalue weighted by atomic mass is 10.1. The zero-order valence-corrected chi connectivity index (χ0v) is 13.2. The summed E-state index contributed by atoms with van der Waals surface area (Å²) < 4.78 is 1.80. The molecule has 6 heteroatoms. The van der Waals surface area contributed by atoms with Crippen molar-refractivity contribution in [2.75, 3.05) is 11.9 Å². The highest BCUT2D eigenvalue weighted by atomic mass is 32.1. The number of hydrogen-bond donors (Lipinski definition) is 2. The fraction of sp³-hybridized carbons (Fsp3) is 0.429. The zero-order chi connectivity index (χ0) is 14.9. The molecule has 0 aromatic carbocycles. The molecule has 1 atom stereocenters. The van der Waals surface area contributed by atoms with Crippen molar-refractivity contribution >= 4 is 23.0 Å². The van der Waals surface area contributed by atoms with E-state index in [9.17, 15) is 0 Å². The van der Waals surface area contributed by atoms with Gasteiger partial charge in [-0.2, -0.15) is 5.10 Å². The van der Waals surface area contributed by atoms with Crippen LogP contribution in [0, 0.1) is 12.3 Å². The molecule has 0 amide bonds. The first-order chi connectivity index (χ1) is 9.41. The largest absolute Gasteiger partial charge is 0.384 e. The Bertz CT molecular complexity index is 599. The fourth-order valence-corrected chi connectivity index (χ4v) is 3.26. The Morgan fingerprint density at radius 3 is 2.85 bits per heavy atom. The maximum absolute atomic E-state index is 7.76. The zero-order valence-electron chi connectivity index (χ0n) is 12.3. The summed E-state index contributed by atoms with van der Waals surface area (Å²) in [7, 11) is 3.92. The normalized spacial score (nSPS) is 12.4. The second-order valence-corrected chi connectivity index (χ2v) is 6.10. The van der Waals surface area contributed by atoms with E-state index in [-0.39, 0.29) is 5.84 Å². The number of nitrogen functional groups attached to an aromatic ring is 1. The first kappa shape index (κ1) is 14.6. The number of nitrogens with one attached hydrogen (secondary N) is 1. The molecule has 0 bridgehead atoms. The van der Waals surface area contributed by atoms with Gasteiger partial charge in [0.2, 0.25) is 0 Å². The first-order valence-corrected chi connectivity index (χ1v) is 7.43. The quantitative estimate of drug-likeness (QED) is 0.655. The average molecular weight is 291 g/mol. The van der Waals surface area contributed by atoms with Crippen molar-refractivity contribution in [2.24, 2.45) is 12.8 Å². The summed E-state index contributed by atoms with van der Waals surface area (Å²) in [5.41, 5.74) is 7.23. The molecule has 3 N–H and O–H groups in total. The second-order valence-electron chi connectivity index (χ2n) is 5.06. The highest BCUT2D eigenvalue weighted by Gasteiger charge is 2.22. The Labute approximate surface area is 123 Å². The third-order valence-corrected chi connectivity index (χ3v) is 4.43. The molecule has 2 aromatic heterocycles. The maximum Gasteiger partial charge on any atom is 0.137 e. The predicted molar refractivity (Wildman–Crippen MR) is 84.8 cm³/mol. The number of nitrogens with zero attached hydrogens (tertiary/aromatic N) is 3. The van der Waals surface area contributed by atoms with E-state index in [1.807, 2.05) is 21.0 Å². The van der Waals surface area contributed by atoms with Gasteiger partial charge in [0, 0.05) is 31.4 Å². The van der Waals surface area contributed by atoms with E-state index in [2.05, 4.69) is 34.4 Å². The molecule has 1 unspecified atom stereocenters. The van der Waals surface area contributed by atoms with Gasteiger partial charge in [-0.05, 0) is 25.3 Å². The van der Waals surface area contributed by atoms with Gasteiger partial charge >= 0.3 is 0 Å². The summed E-state index contributed by atoms with van der Waals surface area (Å²) >= 11 is 1.77. The van der Waals surface area contributed by atoms with Crippen LogP contribution in [-0.4, -0.2) is 28.7 Å². The average Bonchev–Trinajstić information content (AvgIpc) is 2.95. The van der Waals surface area contributed by atoms with Crippen LogP contribution < -0.4 is 10.6 Å². The predicted octanol–water partition coefficient (Wildman–Crippen LogP) is 2.14. The van der Waals surface area contributed by atoms with Crippen LogP contribution in [0.15, 0.2) is 17.5 Å². The Balaban J connectivity index is 2.28. The molecule has 2 rings (SSSR count). The Hall–Kier alpha value is -1.82. The molecule has 0 saturated heterocycles. The highest BCUT2D eigenvalue weighted by Crippen LogP contribution is 2.25. The van der Waals surface area contributed by atoms with Gasteiger partial charge in [0.25, 0.3) is 0 Å². The summed E-state index contributed by atoms with van der Waals surface area (Å²) in [5.74, 6) is 0.972. The number of rotatable bonds is 5. The molecule has 0 radical (unpaired) electrons. The van der Waals surface area contributed by atoms with Crippen LogP contribution in [0.25, 0.3) is 0 Å². The minimum absolute atomic E-state index is 0.0702. The van der Waals surface area contributed by atoms with Crippen LogP contribution in [0.5, 0.6) is 0 Å². The van der Waals surface area contributed by atoms with Crippen molar-refractivity contribution in [1.82, 2.24) is 9.78 Å². The molecule has 2 heterocycles. The van der Waals surface area contributed by atoms with Crippen LogP contribution >= 0.6 is 11.3 Å². The molecule has 20 heavy (non-hydrogen) atoms. The van der Waals surface area contributed by atoms with Crippen molar-refractivity contribution in [2.45, 2.75) is 26.3 Å². The molecule has 5 nitrogen and oxygen atoms in total. The van der Waals surface area contributed by atoms with Crippen molar-refractivity contribution in [3.63, 3.8) is 0 Å². The number of aromatic nitrogens is 2. The second kappa shape index (κ2) is 5.66. The van der Waals surface area contributed by atoms with Gasteiger partial charge < -0.3 is 10.6 Å². The molecular formula is C14H21N5S. The van der Waals surface area contributed by atoms with Gasteiger partial charge in [-0.3, -0.25) is 10.1 Å². The SMILES string of the molecule is Cc1nn(C)c(N(C)C(C)Cc2cccs2)c1C(=N)N. The number of thiophene rings is 1. The van der Waals surface area contributed by atoms with E-state index in [1.165, 1.54) is 4.88 Å². The van der Waals surface area contributed by atoms with Crippen LogP contribution in [0.3, 0.4) is 0 Å². The van der Waals surface area contributed by atoms with Gasteiger partial charge in [-0.15, -0.1) is 11.3 Å². The Morgan fingerprint density at radius 1 is 1.60 bits per heavy atom. The van der Waals surface area contributed by atoms with E-state index in [0.717, 1.165) is 23.5 Å². The monoisotopic (exact) mass is 291 g/mol. The van der Waals surface area contributed by atoms with E-state index < -0.39 is 0 Å². The minimum Gasteiger partial charge on any atom is -0.384 e. The molecule has 0 aliphatic carbocycles. The summed E-state index contributed by atoms with van der Waals surface area (Å²) in [6.07, 6.45) is 0.968. The van der Waals surface area contributed by atoms with Crippen LogP contribution in [0.2, 0.25) is 0 Å². The standard InChI is InChI=1S/C14H21N5S/c1-9(8-11-6-5-7-20-11)18(3)14-12(13(15)16)10(2)17-19(14)4/h5-7,9H,8H2,1-4H3,(H3,15,16). The summed E-state index contributed by atoms with van der Waals surface area (Å²) in [4.78, 5) is 3.50. The van der Waals surface area contributed by atoms with E-state index in [0.29, 0.717) is 6.04 Å². The smallest absolute Gasteiger partial charge is 0.137 e. The summed E-state index contributed by atoms with van der Waals surface area (Å²) in [6.45, 7) is 4.06. The third kappa shape index (κ3) is 2.70. The number of anilines is 1. The number of hydrogen-bond acceptors (Lipinski definition) is 4. The Kier molecular flexibility index (Phi) is 4.13. The van der Waals surface area contributed by atoms with Gasteiger partial charge in [-0.1, -0.05) is 6.07 Å². The molecule has 0 aliphatic heterocycles. The van der Waals surface area contributed by atoms with Crippen molar-refractivity contribution in [3.8, 4) is 0 Å². The summed E-state index contributed by atoms with van der Waals surface area (Å²) in [5, 5.41) is 14.2. The van der Waals surface area contributed by atoms with E-state index in [4.69, 9.17) is 11.1 Å². The molecular weight excluding hydrogens is 270 g/mol. The van der Waals surface area contributed by atoms with Crippen molar-refractivity contribution < 1.29 is 0 Å². The van der Waals surface area contributed by atoms with Crippen molar-refractivity contribution in [1.29, 1.82) is 5.41 Å². The fourth-order valence-electron chi connectivity index (χ4n) is 2.43. The molecule has 108 valence electrons. The lowest BCUT2D eigenvalue weighted by Crippen LogP contribution is -2.33. The van der Waals surface area contributed by atoms with E-state index >= 15 is 0 Å². The molecule has 0 fully saturated rings. The molecule has 0 spiro atoms. The topological polar surface area (TPSA) is 70.9 Å². The lowest BCUT2D eigenvalue weighted by molar-refractivity contribution is 0.645.